The Morgan fingerprint density at radius 1 is 0.585 bits per heavy atom. The van der Waals surface area contributed by atoms with Gasteiger partial charge >= 0.3 is 5.97 Å². The number of carbonyl (C=O) groups is 5. The predicted molar refractivity (Wildman–Crippen MR) is 200 cm³/mol. The highest BCUT2D eigenvalue weighted by Crippen LogP contribution is 2.14. The highest BCUT2D eigenvalue weighted by Gasteiger charge is 2.10. The molecule has 0 aliphatic heterocycles. The zero-order valence-corrected chi connectivity index (χ0v) is 31.9. The van der Waals surface area contributed by atoms with Crippen molar-refractivity contribution in [3.05, 3.63) is 29.8 Å². The number of benzene rings is 1. The molecule has 0 saturated carbocycles. The summed E-state index contributed by atoms with van der Waals surface area (Å²) in [6.07, 6.45) is 10.4. The summed E-state index contributed by atoms with van der Waals surface area (Å²) < 4.78 is 27.0. The van der Waals surface area contributed by atoms with Crippen LogP contribution in [0, 0.1) is 0 Å². The van der Waals surface area contributed by atoms with Crippen molar-refractivity contribution >= 4 is 29.6 Å². The Balaban J connectivity index is 1.85. The van der Waals surface area contributed by atoms with Gasteiger partial charge in [0.25, 0.3) is 0 Å². The fourth-order valence-electron chi connectivity index (χ4n) is 4.81. The Hall–Kier alpha value is -3.79. The normalized spacial score (nSPS) is 11.4. The first-order valence-electron chi connectivity index (χ1n) is 19.1. The van der Waals surface area contributed by atoms with E-state index in [-0.39, 0.29) is 61.7 Å². The largest absolute Gasteiger partial charge is 0.494 e. The van der Waals surface area contributed by atoms with Crippen molar-refractivity contribution in [2.75, 3.05) is 79.1 Å². The molecule has 1 aromatic carbocycles. The van der Waals surface area contributed by atoms with Gasteiger partial charge in [-0.3, -0.25) is 19.2 Å². The SMILES string of the molecule is CCCCNC(=O)COCCOCCNC(=O)COCCOCCNC(=O)CCC(C)NC(=O)CCCCCCCCCOc1ccc(C(=O)O)cc1. The molecular formula is C38H64N4O11. The quantitative estimate of drug-likeness (QED) is 0.0637. The zero-order chi connectivity index (χ0) is 38.8. The van der Waals surface area contributed by atoms with E-state index in [1.165, 1.54) is 12.1 Å². The number of amides is 4. The third-order valence-electron chi connectivity index (χ3n) is 7.83. The average molecular weight is 753 g/mol. The number of hydrogen-bond acceptors (Lipinski definition) is 10. The van der Waals surface area contributed by atoms with Gasteiger partial charge in [0, 0.05) is 38.5 Å². The van der Waals surface area contributed by atoms with Crippen LogP contribution in [0.5, 0.6) is 5.75 Å². The molecule has 15 heteroatoms. The second-order valence-corrected chi connectivity index (χ2v) is 12.6. The van der Waals surface area contributed by atoms with Crippen molar-refractivity contribution in [1.82, 2.24) is 21.3 Å². The summed E-state index contributed by atoms with van der Waals surface area (Å²) in [5.41, 5.74) is 0.243. The minimum Gasteiger partial charge on any atom is -0.494 e. The van der Waals surface area contributed by atoms with E-state index in [0.717, 1.165) is 57.8 Å². The molecule has 1 rings (SSSR count). The fraction of sp³-hybridized carbons (Fsp3) is 0.711. The minimum atomic E-state index is -0.951. The van der Waals surface area contributed by atoms with Gasteiger partial charge in [0.15, 0.2) is 0 Å². The third-order valence-corrected chi connectivity index (χ3v) is 7.83. The van der Waals surface area contributed by atoms with E-state index < -0.39 is 5.97 Å². The van der Waals surface area contributed by atoms with Crippen LogP contribution in [-0.4, -0.2) is 120 Å². The molecule has 1 aromatic rings. The van der Waals surface area contributed by atoms with Crippen LogP contribution >= 0.6 is 0 Å². The lowest BCUT2D eigenvalue weighted by Gasteiger charge is -2.14. The van der Waals surface area contributed by atoms with Crippen LogP contribution < -0.4 is 26.0 Å². The molecule has 1 unspecified atom stereocenters. The van der Waals surface area contributed by atoms with Crippen LogP contribution in [0.15, 0.2) is 24.3 Å². The second kappa shape index (κ2) is 32.8. The Bertz CT molecular complexity index is 1140. The molecular weight excluding hydrogens is 688 g/mol. The van der Waals surface area contributed by atoms with Crippen molar-refractivity contribution in [2.45, 2.75) is 96.9 Å². The molecule has 0 heterocycles. The molecule has 15 nitrogen and oxygen atoms in total. The maximum atomic E-state index is 12.3. The van der Waals surface area contributed by atoms with E-state index in [0.29, 0.717) is 77.7 Å². The first-order chi connectivity index (χ1) is 25.7. The third kappa shape index (κ3) is 29.4. The van der Waals surface area contributed by atoms with Crippen molar-refractivity contribution in [3.63, 3.8) is 0 Å². The Labute approximate surface area is 314 Å². The molecule has 0 spiro atoms. The molecule has 4 amide bonds. The van der Waals surface area contributed by atoms with Crippen LogP contribution in [-0.2, 0) is 38.1 Å². The topological polar surface area (TPSA) is 200 Å². The molecule has 0 bridgehead atoms. The van der Waals surface area contributed by atoms with Crippen molar-refractivity contribution in [3.8, 4) is 5.75 Å². The molecule has 0 aromatic heterocycles. The van der Waals surface area contributed by atoms with Crippen LogP contribution in [0.4, 0.5) is 0 Å². The number of carbonyl (C=O) groups excluding carboxylic acids is 4. The van der Waals surface area contributed by atoms with Crippen LogP contribution in [0.1, 0.15) is 101 Å². The summed E-state index contributed by atoms with van der Waals surface area (Å²) in [5.74, 6) is -0.782. The average Bonchev–Trinajstić information content (AvgIpc) is 3.13. The van der Waals surface area contributed by atoms with Gasteiger partial charge in [-0.2, -0.15) is 0 Å². The van der Waals surface area contributed by atoms with Gasteiger partial charge in [-0.25, -0.2) is 4.79 Å². The van der Waals surface area contributed by atoms with Gasteiger partial charge in [0.1, 0.15) is 19.0 Å². The zero-order valence-electron chi connectivity index (χ0n) is 31.9. The maximum Gasteiger partial charge on any atom is 0.335 e. The number of nitrogens with one attached hydrogen (secondary N) is 4. The van der Waals surface area contributed by atoms with Crippen LogP contribution in [0.3, 0.4) is 0 Å². The standard InChI is InChI=1S/C38H64N4O11/c1-3-4-19-39-36(45)29-51-27-26-50-24-21-41-37(46)30-52-28-25-49-23-20-40-34(43)18-13-31(2)42-35(44)12-10-8-6-5-7-9-11-22-53-33-16-14-32(15-17-33)38(47)48/h14-17,31H,3-13,18-30H2,1-2H3,(H,39,45)(H,40,43)(H,41,46)(H,42,44)(H,47,48). The first kappa shape index (κ1) is 47.2. The number of ether oxygens (including phenoxy) is 5. The number of rotatable bonds is 35. The number of aromatic carboxylic acids is 1. The molecule has 0 radical (unpaired) electrons. The summed E-state index contributed by atoms with van der Waals surface area (Å²) in [5, 5.41) is 20.1. The summed E-state index contributed by atoms with van der Waals surface area (Å²) in [7, 11) is 0. The Morgan fingerprint density at radius 3 is 1.70 bits per heavy atom. The molecule has 0 saturated heterocycles. The maximum absolute atomic E-state index is 12.3. The molecule has 0 aliphatic carbocycles. The highest BCUT2D eigenvalue weighted by atomic mass is 16.5. The van der Waals surface area contributed by atoms with E-state index in [4.69, 9.17) is 28.8 Å². The summed E-state index contributed by atoms with van der Waals surface area (Å²) in [6.45, 7) is 7.59. The van der Waals surface area contributed by atoms with E-state index in [9.17, 15) is 24.0 Å². The first-order valence-corrected chi connectivity index (χ1v) is 19.1. The lowest BCUT2D eigenvalue weighted by atomic mass is 10.1. The lowest BCUT2D eigenvalue weighted by Crippen LogP contribution is -2.34. The van der Waals surface area contributed by atoms with Crippen LogP contribution in [0.2, 0.25) is 0 Å². The van der Waals surface area contributed by atoms with Crippen molar-refractivity contribution < 1.29 is 52.8 Å². The van der Waals surface area contributed by atoms with Gasteiger partial charge in [-0.1, -0.05) is 45.4 Å². The summed E-state index contributed by atoms with van der Waals surface area (Å²) >= 11 is 0. The summed E-state index contributed by atoms with van der Waals surface area (Å²) in [4.78, 5) is 58.6. The van der Waals surface area contributed by atoms with Gasteiger partial charge in [0.05, 0.1) is 51.8 Å². The molecule has 5 N–H and O–H groups in total. The number of hydrogen-bond donors (Lipinski definition) is 5. The van der Waals surface area contributed by atoms with Gasteiger partial charge in [-0.05, 0) is 56.9 Å². The monoisotopic (exact) mass is 752 g/mol. The van der Waals surface area contributed by atoms with Gasteiger partial charge in [-0.15, -0.1) is 0 Å². The molecule has 302 valence electrons. The molecule has 0 aliphatic rings. The van der Waals surface area contributed by atoms with Crippen molar-refractivity contribution in [1.29, 1.82) is 0 Å². The molecule has 0 fully saturated rings. The lowest BCUT2D eigenvalue weighted by molar-refractivity contribution is -0.127. The number of unbranched alkanes of at least 4 members (excludes halogenated alkanes) is 7. The highest BCUT2D eigenvalue weighted by molar-refractivity contribution is 5.87. The van der Waals surface area contributed by atoms with Gasteiger partial charge < -0.3 is 50.1 Å². The van der Waals surface area contributed by atoms with Gasteiger partial charge in [0.2, 0.25) is 23.6 Å². The predicted octanol–water partition coefficient (Wildman–Crippen LogP) is 3.38. The van der Waals surface area contributed by atoms with Crippen molar-refractivity contribution in [2.24, 2.45) is 0 Å². The number of carboxylic acid groups (broad SMARTS) is 1. The molecule has 1 atom stereocenters. The van der Waals surface area contributed by atoms with E-state index in [1.54, 1.807) is 12.1 Å². The van der Waals surface area contributed by atoms with E-state index in [2.05, 4.69) is 28.2 Å². The molecule has 53 heavy (non-hydrogen) atoms. The Morgan fingerprint density at radius 2 is 1.11 bits per heavy atom. The van der Waals surface area contributed by atoms with Crippen LogP contribution in [0.25, 0.3) is 0 Å². The Kier molecular flexibility index (Phi) is 29.3. The van der Waals surface area contributed by atoms with E-state index >= 15 is 0 Å². The number of carboxylic acids is 1. The van der Waals surface area contributed by atoms with E-state index in [1.807, 2.05) is 6.92 Å². The minimum absolute atomic E-state index is 0.00432. The summed E-state index contributed by atoms with van der Waals surface area (Å²) in [6, 6.07) is 6.32. The fourth-order valence-corrected chi connectivity index (χ4v) is 4.81. The smallest absolute Gasteiger partial charge is 0.335 e. The second-order valence-electron chi connectivity index (χ2n) is 12.6.